The third-order valence-corrected chi connectivity index (χ3v) is 14.7. The first-order valence-electron chi connectivity index (χ1n) is 22.4. The zero-order valence-electron chi connectivity index (χ0n) is 37.9. The number of amides is 4. The molecule has 3 aromatic carbocycles. The summed E-state index contributed by atoms with van der Waals surface area (Å²) in [5, 5.41) is 19.7. The number of nitrogens with two attached hydrogens (primary N) is 1. The second-order valence-corrected chi connectivity index (χ2v) is 19.7. The molecule has 0 saturated heterocycles. The van der Waals surface area contributed by atoms with Gasteiger partial charge in [-0.05, 0) is 89.2 Å². The van der Waals surface area contributed by atoms with Crippen LogP contribution in [0.3, 0.4) is 0 Å². The van der Waals surface area contributed by atoms with Crippen LogP contribution < -0.4 is 40.8 Å². The fraction of sp³-hybridized carbons (Fsp3) is 0.298. The van der Waals surface area contributed by atoms with E-state index in [2.05, 4.69) is 58.8 Å². The van der Waals surface area contributed by atoms with E-state index in [0.29, 0.717) is 102 Å². The largest absolute Gasteiger partial charge is 0.486 e. The second-order valence-electron chi connectivity index (χ2n) is 15.9. The fourth-order valence-electron chi connectivity index (χ4n) is 7.49. The summed E-state index contributed by atoms with van der Waals surface area (Å²) >= 11 is 17.8. The number of nitrogen functional groups attached to an aromatic ring is 1. The molecule has 8 rings (SSSR count). The van der Waals surface area contributed by atoms with Gasteiger partial charge in [-0.1, -0.05) is 71.4 Å². The molecule has 4 amide bonds. The highest BCUT2D eigenvalue weighted by Crippen LogP contribution is 2.42. The van der Waals surface area contributed by atoms with Crippen LogP contribution in [0.25, 0.3) is 11.2 Å². The summed E-state index contributed by atoms with van der Waals surface area (Å²) < 4.78 is 21.3. The van der Waals surface area contributed by atoms with Crippen LogP contribution >= 0.6 is 68.9 Å². The van der Waals surface area contributed by atoms with Gasteiger partial charge in [-0.3, -0.25) is 24.1 Å². The van der Waals surface area contributed by atoms with Gasteiger partial charge in [0.2, 0.25) is 30.4 Å². The minimum atomic E-state index is -0.990. The number of halogens is 3. The van der Waals surface area contributed by atoms with Crippen molar-refractivity contribution in [3.05, 3.63) is 115 Å². The van der Waals surface area contributed by atoms with Crippen molar-refractivity contribution in [2.45, 2.75) is 67.9 Å². The van der Waals surface area contributed by atoms with E-state index in [9.17, 15) is 19.2 Å². The van der Waals surface area contributed by atoms with E-state index in [4.69, 9.17) is 48.1 Å². The lowest BCUT2D eigenvalue weighted by molar-refractivity contribution is -0.125. The lowest BCUT2D eigenvalue weighted by Crippen LogP contribution is -2.44. The van der Waals surface area contributed by atoms with Gasteiger partial charge in [-0.25, -0.2) is 19.6 Å². The van der Waals surface area contributed by atoms with E-state index in [0.717, 1.165) is 20.4 Å². The first-order valence-corrected chi connectivity index (χ1v) is 26.0. The molecule has 5 N–H and O–H groups in total. The summed E-state index contributed by atoms with van der Waals surface area (Å²) in [6.45, 7) is 1.67. The molecule has 1 atom stereocenters. The molecule has 24 heteroatoms. The predicted octanol–water partition coefficient (Wildman–Crippen LogP) is 6.94. The van der Waals surface area contributed by atoms with E-state index in [-0.39, 0.29) is 54.4 Å². The van der Waals surface area contributed by atoms with E-state index in [1.54, 1.807) is 30.5 Å². The first kappa shape index (κ1) is 51.2. The lowest BCUT2D eigenvalue weighted by atomic mass is 10.1. The topological polar surface area (TPSA) is 236 Å². The molecular formula is C47H47Cl2IN12O7S2. The first-order chi connectivity index (χ1) is 34.5. The number of carbonyl (C=O) groups is 4. The number of fused-ring (bicyclic) bond motifs is 2. The molecular weight excluding hydrogens is 1110 g/mol. The standard InChI is InChI=1S/C47H47Cl2IN12O7S2/c48-23-41(65)62(43(37-10-7-19-70-37)46(66)54-16-14-29-8-3-1-4-9-29)31-12-13-34(32(49)20-31)67-26-30-24-60(59-58-30)25-40(64)52-15-6-2-5-11-39(63)53-17-18-61-45-42(44(51)55-27-56-45)57-47(61)71-38-22-36-35(21-33(38)50)68-28-69-36/h1,3-4,7-10,12-13,19-22,24,27,43H,2,5-6,11,14-18,23,25-26,28H2,(H,52,64)(H,53,63)(H,54,66)(H2,51,55,56). The summed E-state index contributed by atoms with van der Waals surface area (Å²) in [6, 6.07) is 21.0. The molecule has 4 aromatic heterocycles. The Labute approximate surface area is 439 Å². The summed E-state index contributed by atoms with van der Waals surface area (Å²) in [5.41, 5.74) is 9.08. The predicted molar refractivity (Wildman–Crippen MR) is 278 cm³/mol. The molecule has 0 spiro atoms. The monoisotopic (exact) mass is 1150 g/mol. The highest BCUT2D eigenvalue weighted by molar-refractivity contribution is 14.1. The number of ether oxygens (including phenoxy) is 3. The Bertz CT molecular complexity index is 2980. The number of nitrogens with one attached hydrogen (secondary N) is 3. The number of nitrogens with zero attached hydrogens (tertiary/aromatic N) is 8. The number of anilines is 2. The molecule has 370 valence electrons. The van der Waals surface area contributed by atoms with Crippen LogP contribution in [-0.2, 0) is 45.3 Å². The van der Waals surface area contributed by atoms with E-state index in [1.807, 2.05) is 58.5 Å². The Morgan fingerprint density at radius 2 is 1.76 bits per heavy atom. The Balaban J connectivity index is 0.750. The number of hydrogen-bond acceptors (Lipinski definition) is 15. The quantitative estimate of drug-likeness (QED) is 0.0273. The molecule has 0 aliphatic carbocycles. The fourth-order valence-corrected chi connectivity index (χ4v) is 10.4. The lowest BCUT2D eigenvalue weighted by Gasteiger charge is -2.30. The average Bonchev–Trinajstić information content (AvgIpc) is 4.21. The number of aromatic nitrogens is 7. The van der Waals surface area contributed by atoms with Crippen LogP contribution in [0.4, 0.5) is 11.5 Å². The average molecular weight is 1150 g/mol. The zero-order valence-corrected chi connectivity index (χ0v) is 43.2. The van der Waals surface area contributed by atoms with Crippen LogP contribution in [0.5, 0.6) is 17.2 Å². The number of imidazole rings is 1. The summed E-state index contributed by atoms with van der Waals surface area (Å²) in [6.07, 6.45) is 6.01. The molecule has 71 heavy (non-hydrogen) atoms. The molecule has 0 radical (unpaired) electrons. The highest BCUT2D eigenvalue weighted by Gasteiger charge is 2.33. The molecule has 19 nitrogen and oxygen atoms in total. The van der Waals surface area contributed by atoms with E-state index < -0.39 is 11.9 Å². The van der Waals surface area contributed by atoms with Gasteiger partial charge in [0.05, 0.1) is 11.2 Å². The minimum Gasteiger partial charge on any atom is -0.486 e. The maximum absolute atomic E-state index is 13.7. The van der Waals surface area contributed by atoms with Gasteiger partial charge in [0.15, 0.2) is 33.6 Å². The van der Waals surface area contributed by atoms with Gasteiger partial charge in [0.1, 0.15) is 42.8 Å². The third kappa shape index (κ3) is 13.4. The molecule has 1 aliphatic rings. The van der Waals surface area contributed by atoms with E-state index >= 15 is 0 Å². The SMILES string of the molecule is Nc1ncnc2c1nc(Sc1cc3c(cc1I)OCO3)n2CCNC(=O)CCCCCNC(=O)Cn1cc(COc2ccc(N(C(=O)CCl)C(C(=O)NCCc3ccccc3)c3cccs3)cc2Cl)nn1. The summed E-state index contributed by atoms with van der Waals surface area (Å²) in [7, 11) is 0. The van der Waals surface area contributed by atoms with Gasteiger partial charge >= 0.3 is 0 Å². The third-order valence-electron chi connectivity index (χ3n) is 10.9. The number of hydrogen-bond donors (Lipinski definition) is 4. The number of carbonyl (C=O) groups excluding carboxylic acids is 4. The molecule has 1 unspecified atom stereocenters. The van der Waals surface area contributed by atoms with Gasteiger partial charge in [0.25, 0.3) is 0 Å². The number of benzene rings is 3. The van der Waals surface area contributed by atoms with Gasteiger partial charge in [0, 0.05) is 51.6 Å². The Kier molecular flexibility index (Phi) is 17.8. The van der Waals surface area contributed by atoms with E-state index in [1.165, 1.54) is 39.0 Å². The minimum absolute atomic E-state index is 0.00734. The van der Waals surface area contributed by atoms with Crippen molar-refractivity contribution in [1.82, 2.24) is 50.5 Å². The molecule has 0 bridgehead atoms. The van der Waals surface area contributed by atoms with Crippen LogP contribution in [0.1, 0.15) is 47.9 Å². The molecule has 1 aliphatic heterocycles. The van der Waals surface area contributed by atoms with Crippen molar-refractivity contribution in [3.8, 4) is 17.2 Å². The summed E-state index contributed by atoms with van der Waals surface area (Å²) in [4.78, 5) is 68.8. The molecule has 0 saturated carbocycles. The molecule has 0 fully saturated rings. The van der Waals surface area contributed by atoms with Gasteiger partial charge < -0.3 is 40.5 Å². The zero-order chi connectivity index (χ0) is 49.7. The number of rotatable bonds is 24. The van der Waals surface area contributed by atoms with Gasteiger partial charge in [-0.2, -0.15) is 0 Å². The normalized spacial score (nSPS) is 12.2. The molecule has 5 heterocycles. The summed E-state index contributed by atoms with van der Waals surface area (Å²) in [5.74, 6) is 0.396. The Morgan fingerprint density at radius 3 is 2.55 bits per heavy atom. The van der Waals surface area contributed by atoms with Crippen molar-refractivity contribution in [2.75, 3.05) is 42.9 Å². The Hall–Kier alpha value is -6.21. The Morgan fingerprint density at radius 1 is 0.944 bits per heavy atom. The van der Waals surface area contributed by atoms with Crippen molar-refractivity contribution in [3.63, 3.8) is 0 Å². The van der Waals surface area contributed by atoms with Crippen LogP contribution in [-0.4, -0.2) is 90.4 Å². The van der Waals surface area contributed by atoms with Crippen molar-refractivity contribution >= 4 is 115 Å². The number of unbranched alkanes of at least 4 members (excludes halogenated alkanes) is 2. The van der Waals surface area contributed by atoms with Gasteiger partial charge in [-0.15, -0.1) is 28.0 Å². The maximum Gasteiger partial charge on any atom is 0.248 e. The van der Waals surface area contributed by atoms with Crippen molar-refractivity contribution in [2.24, 2.45) is 0 Å². The highest BCUT2D eigenvalue weighted by atomic mass is 127. The molecule has 7 aromatic rings. The number of alkyl halides is 1. The maximum atomic E-state index is 13.7. The van der Waals surface area contributed by atoms with Crippen molar-refractivity contribution < 1.29 is 33.4 Å². The smallest absolute Gasteiger partial charge is 0.248 e. The van der Waals surface area contributed by atoms with Crippen LogP contribution in [0.2, 0.25) is 5.02 Å². The van der Waals surface area contributed by atoms with Crippen LogP contribution in [0, 0.1) is 3.57 Å². The van der Waals surface area contributed by atoms with Crippen molar-refractivity contribution in [1.29, 1.82) is 0 Å². The number of thiophene rings is 1. The second kappa shape index (κ2) is 24.8. The van der Waals surface area contributed by atoms with Crippen LogP contribution in [0.15, 0.2) is 101 Å².